The first-order valence-electron chi connectivity index (χ1n) is 8.44. The van der Waals surface area contributed by atoms with Crippen molar-refractivity contribution in [3.8, 4) is 0 Å². The van der Waals surface area contributed by atoms with Crippen LogP contribution in [0.4, 0.5) is 16.3 Å². The van der Waals surface area contributed by atoms with Crippen LogP contribution in [-0.4, -0.2) is 63.5 Å². The van der Waals surface area contributed by atoms with Crippen LogP contribution in [0.5, 0.6) is 0 Å². The number of hydrogen-bond acceptors (Lipinski definition) is 6. The van der Waals surface area contributed by atoms with Gasteiger partial charge in [-0.25, -0.2) is 9.78 Å². The van der Waals surface area contributed by atoms with Gasteiger partial charge in [0.15, 0.2) is 5.82 Å². The second-order valence-corrected chi connectivity index (χ2v) is 6.17. The number of ether oxygens (including phenoxy) is 1. The van der Waals surface area contributed by atoms with Crippen LogP contribution in [0, 0.1) is 6.92 Å². The summed E-state index contributed by atoms with van der Waals surface area (Å²) in [6.45, 7) is 6.91. The molecule has 0 radical (unpaired) electrons. The first-order valence-corrected chi connectivity index (χ1v) is 8.44. The molecule has 0 saturated carbocycles. The van der Waals surface area contributed by atoms with Crippen molar-refractivity contribution >= 4 is 17.5 Å². The lowest BCUT2D eigenvalue weighted by Gasteiger charge is -2.29. The molecule has 25 heavy (non-hydrogen) atoms. The first kappa shape index (κ1) is 15.8. The molecule has 0 spiro atoms. The Morgan fingerprint density at radius 3 is 2.76 bits per heavy atom. The van der Waals surface area contributed by atoms with Crippen LogP contribution in [0.2, 0.25) is 0 Å². The van der Waals surface area contributed by atoms with Crippen LogP contribution in [0.15, 0.2) is 18.3 Å². The number of fused-ring (bicyclic) bond motifs is 1. The Bertz CT molecular complexity index is 752. The Balaban J connectivity index is 1.38. The zero-order chi connectivity index (χ0) is 17.2. The predicted molar refractivity (Wildman–Crippen MR) is 91.5 cm³/mol. The van der Waals surface area contributed by atoms with Gasteiger partial charge in [0.25, 0.3) is 0 Å². The molecule has 2 aliphatic rings. The summed E-state index contributed by atoms with van der Waals surface area (Å²) in [5.74, 6) is 2.25. The molecule has 0 aliphatic carbocycles. The maximum Gasteiger partial charge on any atom is 0.323 e. The predicted octanol–water partition coefficient (Wildman–Crippen LogP) is 0.866. The number of aromatic nitrogens is 4. The van der Waals surface area contributed by atoms with E-state index in [1.165, 1.54) is 0 Å². The summed E-state index contributed by atoms with van der Waals surface area (Å²) in [5, 5.41) is 11.0. The average molecular weight is 343 g/mol. The van der Waals surface area contributed by atoms with Crippen LogP contribution in [-0.2, 0) is 17.8 Å². The summed E-state index contributed by atoms with van der Waals surface area (Å²) in [6.07, 6.45) is 1.79. The van der Waals surface area contributed by atoms with Crippen molar-refractivity contribution in [2.24, 2.45) is 0 Å². The lowest BCUT2D eigenvalue weighted by atomic mass is 10.3. The summed E-state index contributed by atoms with van der Waals surface area (Å²) in [6, 6.07) is 3.64. The van der Waals surface area contributed by atoms with E-state index in [1.54, 1.807) is 11.1 Å². The van der Waals surface area contributed by atoms with E-state index in [1.807, 2.05) is 23.6 Å². The fourth-order valence-corrected chi connectivity index (χ4v) is 3.13. The highest BCUT2D eigenvalue weighted by atomic mass is 16.5. The average Bonchev–Trinajstić information content (AvgIpc) is 3.03. The normalized spacial score (nSPS) is 17.3. The first-order chi connectivity index (χ1) is 12.2. The van der Waals surface area contributed by atoms with E-state index in [0.717, 1.165) is 43.6 Å². The number of nitrogens with zero attached hydrogens (tertiary/aromatic N) is 6. The molecule has 0 bridgehead atoms. The van der Waals surface area contributed by atoms with Gasteiger partial charge >= 0.3 is 6.03 Å². The fraction of sp³-hybridized carbons (Fsp3) is 0.500. The van der Waals surface area contributed by atoms with E-state index >= 15 is 0 Å². The molecule has 9 heteroatoms. The van der Waals surface area contributed by atoms with Crippen molar-refractivity contribution in [1.29, 1.82) is 0 Å². The Morgan fingerprint density at radius 2 is 2.00 bits per heavy atom. The van der Waals surface area contributed by atoms with Crippen LogP contribution in [0.3, 0.4) is 0 Å². The number of carbonyl (C=O) groups is 1. The number of amides is 2. The van der Waals surface area contributed by atoms with Gasteiger partial charge in [-0.15, -0.1) is 10.2 Å². The van der Waals surface area contributed by atoms with Crippen LogP contribution in [0.1, 0.15) is 11.6 Å². The third-order valence-corrected chi connectivity index (χ3v) is 4.58. The summed E-state index contributed by atoms with van der Waals surface area (Å²) in [7, 11) is 0. The molecule has 2 aromatic rings. The van der Waals surface area contributed by atoms with Gasteiger partial charge in [-0.3, -0.25) is 5.32 Å². The maximum atomic E-state index is 12.5. The molecule has 132 valence electrons. The molecule has 4 heterocycles. The molecule has 2 aliphatic heterocycles. The Hall–Kier alpha value is -2.68. The number of anilines is 2. The molecule has 4 rings (SSSR count). The molecular formula is C16H21N7O2. The van der Waals surface area contributed by atoms with Crippen LogP contribution >= 0.6 is 0 Å². The van der Waals surface area contributed by atoms with Gasteiger partial charge in [-0.1, -0.05) is 0 Å². The van der Waals surface area contributed by atoms with Gasteiger partial charge < -0.3 is 19.1 Å². The topological polar surface area (TPSA) is 88.4 Å². The third-order valence-electron chi connectivity index (χ3n) is 4.58. The molecule has 1 saturated heterocycles. The monoisotopic (exact) mass is 343 g/mol. The number of pyridine rings is 1. The summed E-state index contributed by atoms with van der Waals surface area (Å²) in [4.78, 5) is 20.8. The van der Waals surface area contributed by atoms with E-state index in [4.69, 9.17) is 4.74 Å². The Labute approximate surface area is 145 Å². The molecule has 0 aromatic carbocycles. The fourth-order valence-electron chi connectivity index (χ4n) is 3.13. The number of nitrogens with one attached hydrogen (secondary N) is 1. The second-order valence-electron chi connectivity index (χ2n) is 6.17. The van der Waals surface area contributed by atoms with Gasteiger partial charge in [0, 0.05) is 26.2 Å². The zero-order valence-electron chi connectivity index (χ0n) is 14.2. The molecule has 0 atom stereocenters. The van der Waals surface area contributed by atoms with Crippen molar-refractivity contribution in [1.82, 2.24) is 24.6 Å². The van der Waals surface area contributed by atoms with Crippen molar-refractivity contribution < 1.29 is 9.53 Å². The highest BCUT2D eigenvalue weighted by Crippen LogP contribution is 2.18. The maximum absolute atomic E-state index is 12.5. The Kier molecular flexibility index (Phi) is 4.22. The number of morpholine rings is 1. The number of carbonyl (C=O) groups excluding carboxylic acids is 1. The van der Waals surface area contributed by atoms with E-state index in [0.29, 0.717) is 25.5 Å². The van der Waals surface area contributed by atoms with Crippen LogP contribution < -0.4 is 10.2 Å². The number of aryl methyl sites for hydroxylation is 1. The van der Waals surface area contributed by atoms with Gasteiger partial charge in [0.05, 0.1) is 31.6 Å². The molecule has 2 aromatic heterocycles. The lowest BCUT2D eigenvalue weighted by Crippen LogP contribution is -2.41. The van der Waals surface area contributed by atoms with E-state index < -0.39 is 0 Å². The summed E-state index contributed by atoms with van der Waals surface area (Å²) >= 11 is 0. The van der Waals surface area contributed by atoms with Crippen molar-refractivity contribution in [2.75, 3.05) is 43.1 Å². The molecule has 9 nitrogen and oxygen atoms in total. The van der Waals surface area contributed by atoms with Crippen molar-refractivity contribution in [3.05, 3.63) is 30.0 Å². The summed E-state index contributed by atoms with van der Waals surface area (Å²) < 4.78 is 7.40. The quantitative estimate of drug-likeness (QED) is 0.870. The van der Waals surface area contributed by atoms with E-state index in [-0.39, 0.29) is 6.03 Å². The lowest BCUT2D eigenvalue weighted by molar-refractivity contribution is 0.122. The summed E-state index contributed by atoms with van der Waals surface area (Å²) in [5.41, 5.74) is 1.04. The van der Waals surface area contributed by atoms with Gasteiger partial charge in [-0.2, -0.15) is 0 Å². The molecular weight excluding hydrogens is 322 g/mol. The molecule has 0 unspecified atom stereocenters. The zero-order valence-corrected chi connectivity index (χ0v) is 14.2. The molecule has 1 N–H and O–H groups in total. The number of hydrogen-bond donors (Lipinski definition) is 1. The van der Waals surface area contributed by atoms with Gasteiger partial charge in [0.1, 0.15) is 11.6 Å². The van der Waals surface area contributed by atoms with Crippen molar-refractivity contribution in [3.63, 3.8) is 0 Å². The highest BCUT2D eigenvalue weighted by molar-refractivity contribution is 5.88. The second kappa shape index (κ2) is 6.67. The minimum absolute atomic E-state index is 0.168. The standard InChI is InChI=1S/C16H21N7O2/c1-12-19-20-15-11-22(4-5-23(12)15)16(24)18-14-3-2-13(10-17-14)21-6-8-25-9-7-21/h2-3,10H,4-9,11H2,1H3,(H,17,18,24). The minimum Gasteiger partial charge on any atom is -0.378 e. The SMILES string of the molecule is Cc1nnc2n1CCN(C(=O)Nc1ccc(N3CCOCC3)cn1)C2. The highest BCUT2D eigenvalue weighted by Gasteiger charge is 2.23. The smallest absolute Gasteiger partial charge is 0.323 e. The Morgan fingerprint density at radius 1 is 1.16 bits per heavy atom. The van der Waals surface area contributed by atoms with E-state index in [2.05, 4.69) is 25.4 Å². The van der Waals surface area contributed by atoms with Gasteiger partial charge in [0.2, 0.25) is 0 Å². The molecule has 2 amide bonds. The van der Waals surface area contributed by atoms with Crippen LogP contribution in [0.25, 0.3) is 0 Å². The number of rotatable bonds is 2. The van der Waals surface area contributed by atoms with Crippen molar-refractivity contribution in [2.45, 2.75) is 20.0 Å². The van der Waals surface area contributed by atoms with Gasteiger partial charge in [-0.05, 0) is 19.1 Å². The third kappa shape index (κ3) is 3.27. The largest absolute Gasteiger partial charge is 0.378 e. The molecule has 1 fully saturated rings. The van der Waals surface area contributed by atoms with E-state index in [9.17, 15) is 4.79 Å². The minimum atomic E-state index is -0.168. The number of urea groups is 1.